The normalized spacial score (nSPS) is 23.0. The van der Waals surface area contributed by atoms with E-state index in [1.165, 1.54) is 0 Å². The minimum Gasteiger partial charge on any atom is -0.491 e. The number of rotatable bonds is 8. The molecule has 0 aromatic heterocycles. The lowest BCUT2D eigenvalue weighted by Gasteiger charge is -2.30. The molecule has 12 heteroatoms. The van der Waals surface area contributed by atoms with Crippen LogP contribution in [0.1, 0.15) is 24.8 Å². The molecule has 2 unspecified atom stereocenters. The van der Waals surface area contributed by atoms with Crippen LogP contribution in [0.4, 0.5) is 5.69 Å². The van der Waals surface area contributed by atoms with E-state index in [9.17, 15) is 0 Å². The molecule has 2 atom stereocenters. The molecule has 0 saturated carbocycles. The van der Waals surface area contributed by atoms with Crippen molar-refractivity contribution in [3.8, 4) is 11.9 Å². The summed E-state index contributed by atoms with van der Waals surface area (Å²) in [5.41, 5.74) is 1.50. The Kier molecular flexibility index (Phi) is 9.01. The third kappa shape index (κ3) is 6.58. The average molecular weight is 669 g/mol. The first-order valence-electron chi connectivity index (χ1n) is 12.3. The fraction of sp³-hybridized carbons (Fsp3) is 0.385. The fourth-order valence-corrected chi connectivity index (χ4v) is 6.41. The number of likely N-dealkylation sites (tertiary alicyclic amines) is 1. The van der Waals surface area contributed by atoms with E-state index in [4.69, 9.17) is 42.7 Å². The summed E-state index contributed by atoms with van der Waals surface area (Å²) < 4.78 is 25.4. The molecule has 38 heavy (non-hydrogen) atoms. The second-order valence-electron chi connectivity index (χ2n) is 8.94. The first-order chi connectivity index (χ1) is 18.5. The summed E-state index contributed by atoms with van der Waals surface area (Å²) in [5, 5.41) is 12.8. The van der Waals surface area contributed by atoms with Gasteiger partial charge in [-0.05, 0) is 49.2 Å². The zero-order chi connectivity index (χ0) is 26.4. The van der Waals surface area contributed by atoms with Crippen molar-refractivity contribution in [2.75, 3.05) is 32.8 Å². The summed E-state index contributed by atoms with van der Waals surface area (Å²) in [5.74, 6) is 0.278. The van der Waals surface area contributed by atoms with Crippen molar-refractivity contribution in [1.82, 2.24) is 13.3 Å². The van der Waals surface area contributed by atoms with E-state index in [1.807, 2.05) is 48.9 Å². The quantitative estimate of drug-likeness (QED) is 0.0915. The second-order valence-corrected chi connectivity index (χ2v) is 12.0. The SMILES string of the molecule is N#CNC(=Nc1ccc(OCC2COC(CCN3C=CN=I3)(c3ccc(Cl)cc3Cl)O2)cc1)N1CCCC1. The molecular formula is C26H27Cl2IN6O3. The number of aliphatic imine (C=N–C) groups is 1. The van der Waals surface area contributed by atoms with Crippen LogP contribution in [0.2, 0.25) is 10.0 Å². The van der Waals surface area contributed by atoms with E-state index in [0.29, 0.717) is 41.4 Å². The number of hydrogen-bond donors (Lipinski definition) is 1. The Morgan fingerprint density at radius 2 is 2.05 bits per heavy atom. The molecule has 0 bridgehead atoms. The molecule has 3 aliphatic heterocycles. The molecular weight excluding hydrogens is 642 g/mol. The maximum atomic E-state index is 9.09. The highest BCUT2D eigenvalue weighted by molar-refractivity contribution is 14.1. The molecule has 0 amide bonds. The van der Waals surface area contributed by atoms with Gasteiger partial charge in [-0.25, -0.2) is 8.14 Å². The highest BCUT2D eigenvalue weighted by atomic mass is 127. The van der Waals surface area contributed by atoms with Crippen LogP contribution in [-0.2, 0) is 15.3 Å². The average Bonchev–Trinajstić information content (AvgIpc) is 3.70. The van der Waals surface area contributed by atoms with Crippen molar-refractivity contribution in [1.29, 1.82) is 5.26 Å². The van der Waals surface area contributed by atoms with Crippen molar-refractivity contribution >= 4 is 56.2 Å². The molecule has 2 aromatic rings. The van der Waals surface area contributed by atoms with E-state index in [-0.39, 0.29) is 27.4 Å². The van der Waals surface area contributed by atoms with Gasteiger partial charge in [-0.1, -0.05) is 29.3 Å². The van der Waals surface area contributed by atoms with Crippen LogP contribution in [-0.4, -0.2) is 52.9 Å². The van der Waals surface area contributed by atoms with Crippen molar-refractivity contribution in [2.45, 2.75) is 31.2 Å². The monoisotopic (exact) mass is 668 g/mol. The lowest BCUT2D eigenvalue weighted by atomic mass is 10.0. The van der Waals surface area contributed by atoms with Crippen LogP contribution in [0.3, 0.4) is 0 Å². The van der Waals surface area contributed by atoms with Gasteiger partial charge in [-0.3, -0.25) is 5.32 Å². The summed E-state index contributed by atoms with van der Waals surface area (Å²) in [6, 6.07) is 12.8. The number of nitriles is 1. The molecule has 0 radical (unpaired) electrons. The summed E-state index contributed by atoms with van der Waals surface area (Å²) in [4.78, 5) is 6.69. The number of guanidine groups is 1. The van der Waals surface area contributed by atoms with Crippen LogP contribution in [0.5, 0.6) is 5.75 Å². The van der Waals surface area contributed by atoms with Gasteiger partial charge in [0, 0.05) is 42.8 Å². The molecule has 2 fully saturated rings. The van der Waals surface area contributed by atoms with Crippen molar-refractivity contribution in [3.05, 3.63) is 70.5 Å². The molecule has 9 nitrogen and oxygen atoms in total. The highest BCUT2D eigenvalue weighted by Gasteiger charge is 2.45. The van der Waals surface area contributed by atoms with Gasteiger partial charge in [0.1, 0.15) is 39.8 Å². The van der Waals surface area contributed by atoms with Gasteiger partial charge in [0.2, 0.25) is 5.96 Å². The highest BCUT2D eigenvalue weighted by Crippen LogP contribution is 2.42. The van der Waals surface area contributed by atoms with Gasteiger partial charge in [0.15, 0.2) is 12.0 Å². The number of halogens is 3. The lowest BCUT2D eigenvalue weighted by Crippen LogP contribution is -2.36. The molecule has 2 aromatic carbocycles. The molecule has 1 N–H and O–H groups in total. The Hall–Kier alpha value is -2.43. The number of nitrogens with one attached hydrogen (secondary N) is 1. The van der Waals surface area contributed by atoms with Crippen LogP contribution in [0.15, 0.2) is 63.0 Å². The predicted octanol–water partition coefficient (Wildman–Crippen LogP) is 6.04. The predicted molar refractivity (Wildman–Crippen MR) is 154 cm³/mol. The van der Waals surface area contributed by atoms with Crippen LogP contribution >= 0.6 is 44.5 Å². The topological polar surface area (TPSA) is 94.7 Å². The Balaban J connectivity index is 1.23. The van der Waals surface area contributed by atoms with E-state index in [0.717, 1.165) is 43.7 Å². The third-order valence-corrected chi connectivity index (χ3v) is 8.84. The lowest BCUT2D eigenvalue weighted by molar-refractivity contribution is -0.184. The van der Waals surface area contributed by atoms with E-state index < -0.39 is 5.79 Å². The Labute approximate surface area is 242 Å². The smallest absolute Gasteiger partial charge is 0.212 e. The van der Waals surface area contributed by atoms with Gasteiger partial charge in [0.25, 0.3) is 0 Å². The summed E-state index contributed by atoms with van der Waals surface area (Å²) in [7, 11) is 0. The van der Waals surface area contributed by atoms with Gasteiger partial charge in [-0.2, -0.15) is 5.26 Å². The summed E-state index contributed by atoms with van der Waals surface area (Å²) in [6.07, 6.45) is 8.33. The summed E-state index contributed by atoms with van der Waals surface area (Å²) in [6.45, 7) is 3.22. The first kappa shape index (κ1) is 27.1. The molecule has 0 aliphatic carbocycles. The van der Waals surface area contributed by atoms with E-state index >= 15 is 0 Å². The van der Waals surface area contributed by atoms with Crippen LogP contribution < -0.4 is 10.1 Å². The number of nitrogens with zero attached hydrogens (tertiary/aromatic N) is 5. The van der Waals surface area contributed by atoms with Gasteiger partial charge >= 0.3 is 0 Å². The zero-order valence-corrected chi connectivity index (χ0v) is 24.2. The third-order valence-electron chi connectivity index (χ3n) is 6.36. The maximum Gasteiger partial charge on any atom is 0.212 e. The molecule has 200 valence electrons. The first-order valence-corrected chi connectivity index (χ1v) is 15.0. The minimum atomic E-state index is -0.992. The molecule has 0 spiro atoms. The number of ether oxygens (including phenoxy) is 3. The number of benzene rings is 2. The Morgan fingerprint density at radius 1 is 1.24 bits per heavy atom. The van der Waals surface area contributed by atoms with E-state index in [1.54, 1.807) is 12.1 Å². The van der Waals surface area contributed by atoms with Crippen molar-refractivity contribution in [2.24, 2.45) is 8.14 Å². The molecule has 5 rings (SSSR count). The van der Waals surface area contributed by atoms with Crippen molar-refractivity contribution in [3.63, 3.8) is 0 Å². The second kappa shape index (κ2) is 12.6. The van der Waals surface area contributed by atoms with Crippen LogP contribution in [0, 0.1) is 11.5 Å². The standard InChI is InChI=1S/C26H27Cl2IN6O3/c27-19-3-8-23(24(28)15-19)26(9-13-35-14-10-32-29-35)37-17-22(38-26)16-36-21-6-4-20(5-7-21)33-25(31-18-30)34-11-1-2-12-34/h3-8,10,14-15,22H,1-2,9,11-13,16-17H2,(H,31,33). The molecule has 3 heterocycles. The van der Waals surface area contributed by atoms with Gasteiger partial charge in [0.05, 0.1) is 23.5 Å². The maximum absolute atomic E-state index is 9.09. The zero-order valence-electron chi connectivity index (χ0n) is 20.5. The molecule has 2 saturated heterocycles. The Bertz CT molecular complexity index is 1250. The fourth-order valence-electron chi connectivity index (χ4n) is 4.51. The Morgan fingerprint density at radius 3 is 2.76 bits per heavy atom. The van der Waals surface area contributed by atoms with Crippen LogP contribution in [0.25, 0.3) is 0 Å². The van der Waals surface area contributed by atoms with E-state index in [2.05, 4.69) is 21.5 Å². The molecule has 3 aliphatic rings. The van der Waals surface area contributed by atoms with Crippen molar-refractivity contribution < 1.29 is 14.2 Å². The van der Waals surface area contributed by atoms with Gasteiger partial charge in [-0.15, -0.1) is 0 Å². The van der Waals surface area contributed by atoms with Gasteiger partial charge < -0.3 is 22.2 Å². The number of hydrogen-bond acceptors (Lipinski definition) is 7. The minimum absolute atomic E-state index is 0.283. The summed E-state index contributed by atoms with van der Waals surface area (Å²) >= 11 is 12.3. The largest absolute Gasteiger partial charge is 0.491 e.